The van der Waals surface area contributed by atoms with Crippen molar-refractivity contribution in [3.63, 3.8) is 0 Å². The molecule has 7 heteroatoms. The molecule has 1 aromatic rings. The Morgan fingerprint density at radius 1 is 1.12 bits per heavy atom. The maximum Gasteiger partial charge on any atom is 0.416 e. The number of hydrogen-bond acceptors (Lipinski definition) is 2. The molecular formula is C10H7F3N2O2. The number of alkyl halides is 3. The third kappa shape index (κ3) is 2.22. The second-order valence-corrected chi connectivity index (χ2v) is 3.48. The molecule has 1 heterocycles. The Morgan fingerprint density at radius 3 is 2.12 bits per heavy atom. The molecule has 0 unspecified atom stereocenters. The number of halogens is 3. The molecule has 0 aliphatic carbocycles. The molecule has 2 rings (SSSR count). The lowest BCUT2D eigenvalue weighted by Crippen LogP contribution is -2.27. The monoisotopic (exact) mass is 244 g/mol. The summed E-state index contributed by atoms with van der Waals surface area (Å²) in [6, 6.07) is 3.41. The van der Waals surface area contributed by atoms with Crippen molar-refractivity contribution in [1.29, 1.82) is 0 Å². The van der Waals surface area contributed by atoms with Crippen LogP contribution in [-0.2, 0) is 11.0 Å². The van der Waals surface area contributed by atoms with Crippen molar-refractivity contribution in [2.75, 3.05) is 11.4 Å². The topological polar surface area (TPSA) is 49.4 Å². The van der Waals surface area contributed by atoms with Gasteiger partial charge in [0, 0.05) is 5.69 Å². The van der Waals surface area contributed by atoms with Crippen molar-refractivity contribution in [3.05, 3.63) is 29.8 Å². The standard InChI is InChI=1S/C10H7F3N2O2/c11-10(12,13)6-1-3-7(4-2-6)15-5-8(16)14-9(15)17/h1-4H,5H2,(H,14,16,17). The summed E-state index contributed by atoms with van der Waals surface area (Å²) >= 11 is 0. The highest BCUT2D eigenvalue weighted by atomic mass is 19.4. The fourth-order valence-electron chi connectivity index (χ4n) is 1.48. The molecular weight excluding hydrogens is 237 g/mol. The highest BCUT2D eigenvalue weighted by Crippen LogP contribution is 2.30. The number of nitrogens with zero attached hydrogens (tertiary/aromatic N) is 1. The van der Waals surface area contributed by atoms with Gasteiger partial charge < -0.3 is 0 Å². The van der Waals surface area contributed by atoms with E-state index in [1.54, 1.807) is 0 Å². The normalized spacial score (nSPS) is 16.3. The first-order valence-corrected chi connectivity index (χ1v) is 4.66. The molecule has 1 aliphatic rings. The largest absolute Gasteiger partial charge is 0.416 e. The van der Waals surface area contributed by atoms with Crippen molar-refractivity contribution >= 4 is 17.6 Å². The zero-order valence-corrected chi connectivity index (χ0v) is 8.41. The number of imide groups is 1. The van der Waals surface area contributed by atoms with E-state index in [9.17, 15) is 22.8 Å². The lowest BCUT2D eigenvalue weighted by Gasteiger charge is -2.14. The van der Waals surface area contributed by atoms with Crippen LogP contribution in [-0.4, -0.2) is 18.5 Å². The van der Waals surface area contributed by atoms with E-state index in [4.69, 9.17) is 0 Å². The van der Waals surface area contributed by atoms with Gasteiger partial charge in [-0.1, -0.05) is 0 Å². The molecule has 1 aromatic carbocycles. The van der Waals surface area contributed by atoms with E-state index in [-0.39, 0.29) is 12.2 Å². The van der Waals surface area contributed by atoms with Crippen molar-refractivity contribution in [3.8, 4) is 0 Å². The van der Waals surface area contributed by atoms with Crippen LogP contribution in [0.5, 0.6) is 0 Å². The Morgan fingerprint density at radius 2 is 1.71 bits per heavy atom. The zero-order valence-electron chi connectivity index (χ0n) is 8.41. The molecule has 90 valence electrons. The molecule has 1 aliphatic heterocycles. The molecule has 1 saturated heterocycles. The predicted molar refractivity (Wildman–Crippen MR) is 52.3 cm³/mol. The van der Waals surface area contributed by atoms with Crippen molar-refractivity contribution < 1.29 is 22.8 Å². The summed E-state index contributed by atoms with van der Waals surface area (Å²) in [4.78, 5) is 23.2. The van der Waals surface area contributed by atoms with Crippen molar-refractivity contribution in [1.82, 2.24) is 5.32 Å². The number of urea groups is 1. The molecule has 4 nitrogen and oxygen atoms in total. The first kappa shape index (κ1) is 11.4. The van der Waals surface area contributed by atoms with Gasteiger partial charge in [0.1, 0.15) is 6.54 Å². The minimum Gasteiger partial charge on any atom is -0.285 e. The summed E-state index contributed by atoms with van der Waals surface area (Å²) in [5.74, 6) is -0.477. The van der Waals surface area contributed by atoms with E-state index >= 15 is 0 Å². The third-order valence-electron chi connectivity index (χ3n) is 2.30. The van der Waals surface area contributed by atoms with Crippen molar-refractivity contribution in [2.24, 2.45) is 0 Å². The molecule has 0 radical (unpaired) electrons. The van der Waals surface area contributed by atoms with Crippen LogP contribution in [0.4, 0.5) is 23.7 Å². The Balaban J connectivity index is 2.24. The van der Waals surface area contributed by atoms with Gasteiger partial charge in [-0.3, -0.25) is 15.0 Å². The molecule has 1 N–H and O–H groups in total. The maximum atomic E-state index is 12.3. The SMILES string of the molecule is O=C1CN(c2ccc(C(F)(F)F)cc2)C(=O)N1. The number of rotatable bonds is 1. The van der Waals surface area contributed by atoms with Gasteiger partial charge >= 0.3 is 12.2 Å². The van der Waals surface area contributed by atoms with Gasteiger partial charge in [-0.15, -0.1) is 0 Å². The lowest BCUT2D eigenvalue weighted by molar-refractivity contribution is -0.137. The van der Waals surface area contributed by atoms with Gasteiger partial charge in [0.15, 0.2) is 0 Å². The number of anilines is 1. The van der Waals surface area contributed by atoms with Crippen LogP contribution in [0.25, 0.3) is 0 Å². The number of carbonyl (C=O) groups is 2. The lowest BCUT2D eigenvalue weighted by atomic mass is 10.2. The van der Waals surface area contributed by atoms with E-state index in [0.29, 0.717) is 0 Å². The quantitative estimate of drug-likeness (QED) is 0.765. The first-order chi connectivity index (χ1) is 7.88. The average Bonchev–Trinajstić information content (AvgIpc) is 2.57. The van der Waals surface area contributed by atoms with Crippen LogP contribution in [0.3, 0.4) is 0 Å². The number of nitrogens with one attached hydrogen (secondary N) is 1. The van der Waals surface area contributed by atoms with Crippen LogP contribution in [0, 0.1) is 0 Å². The predicted octanol–water partition coefficient (Wildman–Crippen LogP) is 1.76. The molecule has 0 atom stereocenters. The summed E-state index contributed by atoms with van der Waals surface area (Å²) in [6.07, 6.45) is -4.42. The molecule has 3 amide bonds. The molecule has 1 fully saturated rings. The van der Waals surface area contributed by atoms with Gasteiger partial charge in [0.2, 0.25) is 5.91 Å². The van der Waals surface area contributed by atoms with Crippen LogP contribution >= 0.6 is 0 Å². The van der Waals surface area contributed by atoms with Gasteiger partial charge in [-0.25, -0.2) is 4.79 Å². The maximum absolute atomic E-state index is 12.3. The summed E-state index contributed by atoms with van der Waals surface area (Å²) in [7, 11) is 0. The van der Waals surface area contributed by atoms with Gasteiger partial charge in [0.25, 0.3) is 0 Å². The Hall–Kier alpha value is -2.05. The second-order valence-electron chi connectivity index (χ2n) is 3.48. The number of benzene rings is 1. The third-order valence-corrected chi connectivity index (χ3v) is 2.30. The van der Waals surface area contributed by atoms with Crippen LogP contribution in [0.2, 0.25) is 0 Å². The average molecular weight is 244 g/mol. The number of hydrogen-bond donors (Lipinski definition) is 1. The first-order valence-electron chi connectivity index (χ1n) is 4.66. The minimum atomic E-state index is -4.42. The number of carbonyl (C=O) groups excluding carboxylic acids is 2. The zero-order chi connectivity index (χ0) is 12.6. The summed E-state index contributed by atoms with van der Waals surface area (Å²) in [5, 5.41) is 2.04. The van der Waals surface area contributed by atoms with E-state index in [1.807, 2.05) is 5.32 Å². The molecule has 0 bridgehead atoms. The molecule has 0 spiro atoms. The molecule has 17 heavy (non-hydrogen) atoms. The van der Waals surface area contributed by atoms with Gasteiger partial charge in [-0.2, -0.15) is 13.2 Å². The summed E-state index contributed by atoms with van der Waals surface area (Å²) in [6.45, 7) is -0.176. The molecule has 0 saturated carbocycles. The smallest absolute Gasteiger partial charge is 0.285 e. The Kier molecular flexibility index (Phi) is 2.53. The second kappa shape index (κ2) is 3.76. The van der Waals surface area contributed by atoms with E-state index in [0.717, 1.165) is 29.2 Å². The highest BCUT2D eigenvalue weighted by molar-refractivity contribution is 6.12. The van der Waals surface area contributed by atoms with Crippen LogP contribution in [0.1, 0.15) is 5.56 Å². The summed E-state index contributed by atoms with van der Waals surface area (Å²) in [5.41, 5.74) is -0.548. The van der Waals surface area contributed by atoms with Crippen LogP contribution < -0.4 is 10.2 Å². The summed E-state index contributed by atoms with van der Waals surface area (Å²) < 4.78 is 36.9. The Bertz CT molecular complexity index is 467. The fraction of sp³-hybridized carbons (Fsp3) is 0.200. The Labute approximate surface area is 94.0 Å². The van der Waals surface area contributed by atoms with E-state index in [1.165, 1.54) is 0 Å². The van der Waals surface area contributed by atoms with Crippen LogP contribution in [0.15, 0.2) is 24.3 Å². The van der Waals surface area contributed by atoms with E-state index in [2.05, 4.69) is 0 Å². The fourth-order valence-corrected chi connectivity index (χ4v) is 1.48. The highest BCUT2D eigenvalue weighted by Gasteiger charge is 2.32. The van der Waals surface area contributed by atoms with Gasteiger partial charge in [0.05, 0.1) is 5.56 Å². The van der Waals surface area contributed by atoms with Crippen molar-refractivity contribution in [2.45, 2.75) is 6.18 Å². The van der Waals surface area contributed by atoms with Gasteiger partial charge in [-0.05, 0) is 24.3 Å². The molecule has 0 aromatic heterocycles. The number of amides is 3. The minimum absolute atomic E-state index is 0.176. The van der Waals surface area contributed by atoms with E-state index < -0.39 is 23.7 Å².